The molecule has 0 bridgehead atoms. The van der Waals surface area contributed by atoms with Crippen molar-refractivity contribution in [1.82, 2.24) is 37.2 Å². The number of nitrogens with zero attached hydrogens (tertiary/aromatic N) is 12. The lowest BCUT2D eigenvalue weighted by atomic mass is 9.99. The van der Waals surface area contributed by atoms with Crippen molar-refractivity contribution in [3.63, 3.8) is 0 Å². The monoisotopic (exact) mass is 1030 g/mol. The number of carbonyl (C=O) groups excluding carboxylic acids is 7. The van der Waals surface area contributed by atoms with Crippen molar-refractivity contribution in [3.8, 4) is 0 Å². The molecule has 0 heterocycles. The van der Waals surface area contributed by atoms with Crippen molar-refractivity contribution in [2.24, 2.45) is 49.9 Å². The normalized spacial score (nSPS) is 14.2. The Morgan fingerprint density at radius 3 is 0.863 bits per heavy atom. The van der Waals surface area contributed by atoms with Gasteiger partial charge in [-0.3, -0.25) is 33.6 Å². The van der Waals surface area contributed by atoms with Crippen LogP contribution in [0.15, 0.2) is 20.5 Å². The van der Waals surface area contributed by atoms with Crippen molar-refractivity contribution < 1.29 is 43.5 Å². The zero-order valence-electron chi connectivity index (χ0n) is 43.4. The quantitative estimate of drug-likeness (QED) is 0.0181. The van der Waals surface area contributed by atoms with E-state index in [0.29, 0.717) is 6.42 Å². The SMILES string of the molecule is CC(C)C[C@@H](NC(=O)[C@H](CCCN=[N+]=[N-])NC(=O)[C@@H](CC(C)C)NC(=O)[C@H](CCCN=[N+]=[N-])NC(=O)[C@@H](CC(C)C)NC(=O)[C@H](CCCN=[N+]=[N-])NC(=O)[C@@H](CC(C)C)NC(=O)[C@@H](N)CCCN=[N+]=[N-])C(=O)O. The van der Waals surface area contributed by atoms with Gasteiger partial charge in [-0.2, -0.15) is 0 Å². The summed E-state index contributed by atoms with van der Waals surface area (Å²) in [5.41, 5.74) is 41.1. The molecule has 29 heteroatoms. The minimum Gasteiger partial charge on any atom is -0.480 e. The number of carboxylic acids is 1. The van der Waals surface area contributed by atoms with Crippen LogP contribution in [0, 0.1) is 23.7 Å². The van der Waals surface area contributed by atoms with E-state index in [1.807, 2.05) is 13.8 Å². The molecule has 73 heavy (non-hydrogen) atoms. The molecule has 0 rings (SSSR count). The highest BCUT2D eigenvalue weighted by Gasteiger charge is 2.35. The Balaban J connectivity index is 6.83. The van der Waals surface area contributed by atoms with E-state index in [1.54, 1.807) is 41.5 Å². The van der Waals surface area contributed by atoms with Crippen molar-refractivity contribution in [2.45, 2.75) is 181 Å². The Hall–Kier alpha value is -7.04. The van der Waals surface area contributed by atoms with E-state index in [4.69, 9.17) is 27.9 Å². The number of hydrogen-bond donors (Lipinski definition) is 9. The molecule has 0 fully saturated rings. The van der Waals surface area contributed by atoms with Crippen LogP contribution in [-0.4, -0.2) is 127 Å². The topological polar surface area (TPSA) is 462 Å². The lowest BCUT2D eigenvalue weighted by Crippen LogP contribution is -2.60. The van der Waals surface area contributed by atoms with Gasteiger partial charge < -0.3 is 48.1 Å². The first-order chi connectivity index (χ1) is 34.5. The van der Waals surface area contributed by atoms with Crippen LogP contribution in [0.4, 0.5) is 0 Å². The van der Waals surface area contributed by atoms with Crippen molar-refractivity contribution in [2.75, 3.05) is 26.2 Å². The van der Waals surface area contributed by atoms with Crippen LogP contribution >= 0.6 is 0 Å². The summed E-state index contributed by atoms with van der Waals surface area (Å²) < 4.78 is 0. The van der Waals surface area contributed by atoms with Crippen molar-refractivity contribution >= 4 is 47.3 Å². The summed E-state index contributed by atoms with van der Waals surface area (Å²) >= 11 is 0. The van der Waals surface area contributed by atoms with Crippen LogP contribution in [0.3, 0.4) is 0 Å². The third kappa shape index (κ3) is 29.8. The highest BCUT2D eigenvalue weighted by molar-refractivity contribution is 5.97. The summed E-state index contributed by atoms with van der Waals surface area (Å²) in [4.78, 5) is 120. The van der Waals surface area contributed by atoms with Crippen LogP contribution in [0.25, 0.3) is 41.8 Å². The number of rotatable bonds is 39. The van der Waals surface area contributed by atoms with Crippen LogP contribution in [0.5, 0.6) is 0 Å². The maximum absolute atomic E-state index is 14.2. The summed E-state index contributed by atoms with van der Waals surface area (Å²) in [5.74, 6) is -7.40. The number of carbonyl (C=O) groups is 8. The minimum atomic E-state index is -1.38. The molecule has 0 aliphatic rings. The maximum Gasteiger partial charge on any atom is 0.326 e. The van der Waals surface area contributed by atoms with Gasteiger partial charge in [0, 0.05) is 45.8 Å². The number of aliphatic carboxylic acids is 1. The molecule has 0 aromatic carbocycles. The fraction of sp³-hybridized carbons (Fsp3) is 0.818. The van der Waals surface area contributed by atoms with Crippen LogP contribution < -0.4 is 43.0 Å². The zero-order valence-corrected chi connectivity index (χ0v) is 43.4. The summed E-state index contributed by atoms with van der Waals surface area (Å²) in [5, 5.41) is 42.1. The lowest BCUT2D eigenvalue weighted by Gasteiger charge is -2.29. The number of amides is 7. The Bertz CT molecular complexity index is 2000. The van der Waals surface area contributed by atoms with Gasteiger partial charge in [0.1, 0.15) is 42.3 Å². The number of nitrogens with one attached hydrogen (secondary N) is 7. The molecule has 0 aliphatic carbocycles. The molecule has 10 N–H and O–H groups in total. The maximum atomic E-state index is 14.2. The molecule has 0 aliphatic heterocycles. The molecule has 0 radical (unpaired) electrons. The first-order valence-corrected chi connectivity index (χ1v) is 24.7. The van der Waals surface area contributed by atoms with E-state index in [2.05, 4.69) is 77.3 Å². The van der Waals surface area contributed by atoms with Crippen molar-refractivity contribution in [3.05, 3.63) is 41.8 Å². The van der Waals surface area contributed by atoms with Crippen LogP contribution in [-0.2, 0) is 38.4 Å². The highest BCUT2D eigenvalue weighted by Crippen LogP contribution is 2.14. The second-order valence-electron chi connectivity index (χ2n) is 19.3. The summed E-state index contributed by atoms with van der Waals surface area (Å²) in [6, 6.07) is -10.1. The van der Waals surface area contributed by atoms with Gasteiger partial charge in [-0.05, 0) is 123 Å². The molecule has 8 atom stereocenters. The van der Waals surface area contributed by atoms with Gasteiger partial charge in [-0.15, -0.1) is 0 Å². The molecule has 0 aromatic heterocycles. The summed E-state index contributed by atoms with van der Waals surface area (Å²) in [6.45, 7) is 14.3. The van der Waals surface area contributed by atoms with Crippen LogP contribution in [0.2, 0.25) is 0 Å². The van der Waals surface area contributed by atoms with Crippen LogP contribution in [0.1, 0.15) is 132 Å². The average molecular weight is 1030 g/mol. The summed E-state index contributed by atoms with van der Waals surface area (Å²) in [7, 11) is 0. The average Bonchev–Trinajstić information content (AvgIpc) is 3.31. The van der Waals surface area contributed by atoms with Gasteiger partial charge in [-0.25, -0.2) is 4.79 Å². The van der Waals surface area contributed by atoms with Gasteiger partial charge in [0.05, 0.1) is 6.04 Å². The molecular formula is C44H78N20O9. The standard InChI is InChI=1S/C44H78N20O9/c1-25(2)21-33(57-37(65)29(45)13-9-17-50-61-46)41(69)54-30(14-10-18-51-62-47)38(66)58-34(22-26(3)4)42(70)55-31(15-11-19-52-63-48)39(67)59-35(23-27(5)6)43(71)56-32(16-12-20-53-64-49)40(68)60-36(44(72)73)24-28(7)8/h25-36H,9-24,45H2,1-8H3,(H,54,69)(H,55,70)(H,56,71)(H,57,65)(H,58,66)(H,59,67)(H,60,68)(H,72,73)/t29-,30-,31-,32-,33+,34+,35+,36+/m0/s1. The molecule has 0 spiro atoms. The fourth-order valence-electron chi connectivity index (χ4n) is 7.31. The van der Waals surface area contributed by atoms with Gasteiger partial charge >= 0.3 is 5.97 Å². The van der Waals surface area contributed by atoms with E-state index in [9.17, 15) is 43.5 Å². The van der Waals surface area contributed by atoms with E-state index >= 15 is 0 Å². The third-order valence-electron chi connectivity index (χ3n) is 10.9. The Morgan fingerprint density at radius 1 is 0.384 bits per heavy atom. The first-order valence-electron chi connectivity index (χ1n) is 24.7. The molecule has 0 saturated heterocycles. The predicted molar refractivity (Wildman–Crippen MR) is 270 cm³/mol. The summed E-state index contributed by atoms with van der Waals surface area (Å²) in [6.07, 6.45) is 0.929. The van der Waals surface area contributed by atoms with E-state index < -0.39 is 95.7 Å². The largest absolute Gasteiger partial charge is 0.480 e. The lowest BCUT2D eigenvalue weighted by molar-refractivity contribution is -0.143. The zero-order chi connectivity index (χ0) is 55.5. The highest BCUT2D eigenvalue weighted by atomic mass is 16.4. The Labute approximate surface area is 425 Å². The Morgan fingerprint density at radius 2 is 0.603 bits per heavy atom. The minimum absolute atomic E-state index is 0.0310. The number of nitrogens with two attached hydrogens (primary N) is 1. The molecule has 408 valence electrons. The first kappa shape index (κ1) is 66.0. The van der Waals surface area contributed by atoms with E-state index in [0.717, 1.165) is 0 Å². The molecule has 7 amide bonds. The van der Waals surface area contributed by atoms with E-state index in [-0.39, 0.29) is 120 Å². The second-order valence-corrected chi connectivity index (χ2v) is 19.3. The van der Waals surface area contributed by atoms with Gasteiger partial charge in [-0.1, -0.05) is 75.8 Å². The van der Waals surface area contributed by atoms with Gasteiger partial charge in [0.15, 0.2) is 0 Å². The fourth-order valence-corrected chi connectivity index (χ4v) is 7.31. The molecule has 29 nitrogen and oxygen atoms in total. The van der Waals surface area contributed by atoms with Gasteiger partial charge in [0.25, 0.3) is 0 Å². The molecule has 0 saturated carbocycles. The molecular weight excluding hydrogens is 953 g/mol. The second kappa shape index (κ2) is 37.7. The third-order valence-corrected chi connectivity index (χ3v) is 10.9. The smallest absolute Gasteiger partial charge is 0.326 e. The molecule has 0 aromatic rings. The van der Waals surface area contributed by atoms with Gasteiger partial charge in [0.2, 0.25) is 41.4 Å². The number of hydrogen-bond acceptors (Lipinski definition) is 13. The number of azide groups is 4. The number of carboxylic acid groups (broad SMARTS) is 1. The molecule has 0 unspecified atom stereocenters. The van der Waals surface area contributed by atoms with Crippen molar-refractivity contribution in [1.29, 1.82) is 0 Å². The Kier molecular flexibility index (Phi) is 34.1. The van der Waals surface area contributed by atoms with E-state index in [1.165, 1.54) is 0 Å². The predicted octanol–water partition coefficient (Wildman–Crippen LogP) is 4.34.